The van der Waals surface area contributed by atoms with E-state index < -0.39 is 10.0 Å². The van der Waals surface area contributed by atoms with Crippen molar-refractivity contribution < 1.29 is 17.9 Å². The number of nitrogens with zero attached hydrogens (tertiary/aromatic N) is 1. The van der Waals surface area contributed by atoms with E-state index in [0.717, 1.165) is 11.1 Å². The Morgan fingerprint density at radius 3 is 2.04 bits per heavy atom. The number of hydrogen-bond donors (Lipinski definition) is 0. The Bertz CT molecular complexity index is 895. The largest absolute Gasteiger partial charge is 0.493 e. The Kier molecular flexibility index (Phi) is 5.16. The molecule has 0 atom stereocenters. The summed E-state index contributed by atoms with van der Waals surface area (Å²) in [7, 11) is -0.565. The fraction of sp³-hybridized carbons (Fsp3) is 0.294. The van der Waals surface area contributed by atoms with Crippen molar-refractivity contribution in [3.8, 4) is 11.5 Å². The van der Waals surface area contributed by atoms with Gasteiger partial charge in [0, 0.05) is 23.1 Å². The number of halogens is 2. The van der Waals surface area contributed by atoms with Crippen LogP contribution in [0.15, 0.2) is 35.2 Å². The van der Waals surface area contributed by atoms with E-state index in [0.29, 0.717) is 24.5 Å². The Balaban J connectivity index is 1.96. The van der Waals surface area contributed by atoms with Crippen molar-refractivity contribution in [3.63, 3.8) is 0 Å². The summed E-state index contributed by atoms with van der Waals surface area (Å²) in [5.41, 5.74) is 1.94. The maximum Gasteiger partial charge on any atom is 0.243 e. The van der Waals surface area contributed by atoms with E-state index >= 15 is 0 Å². The fourth-order valence-electron chi connectivity index (χ4n) is 2.89. The summed E-state index contributed by atoms with van der Waals surface area (Å²) in [6.45, 7) is 0.622. The van der Waals surface area contributed by atoms with E-state index in [4.69, 9.17) is 32.7 Å². The zero-order valence-corrected chi connectivity index (χ0v) is 16.1. The highest BCUT2D eigenvalue weighted by Gasteiger charge is 2.29. The van der Waals surface area contributed by atoms with Crippen molar-refractivity contribution >= 4 is 33.2 Å². The molecule has 134 valence electrons. The average Bonchev–Trinajstić information content (AvgIpc) is 2.59. The standard InChI is InChI=1S/C17H17Cl2NO4S/c1-23-16-5-11-3-4-20(10-12(11)6-17(16)24-2)25(21,22)15-8-13(18)7-14(19)9-15/h5-9H,3-4,10H2,1-2H3. The Morgan fingerprint density at radius 1 is 0.920 bits per heavy atom. The van der Waals surface area contributed by atoms with E-state index in [1.54, 1.807) is 14.2 Å². The lowest BCUT2D eigenvalue weighted by atomic mass is 10.0. The zero-order valence-electron chi connectivity index (χ0n) is 13.8. The van der Waals surface area contributed by atoms with E-state index in [-0.39, 0.29) is 21.5 Å². The van der Waals surface area contributed by atoms with Gasteiger partial charge in [-0.3, -0.25) is 0 Å². The predicted octanol–water partition coefficient (Wildman–Crippen LogP) is 3.76. The minimum atomic E-state index is -3.69. The third-order valence-electron chi connectivity index (χ3n) is 4.16. The SMILES string of the molecule is COc1cc2c(cc1OC)CN(S(=O)(=O)c1cc(Cl)cc(Cl)c1)CC2. The van der Waals surface area contributed by atoms with Crippen LogP contribution in [0.5, 0.6) is 11.5 Å². The van der Waals surface area contributed by atoms with Crippen molar-refractivity contribution in [1.29, 1.82) is 0 Å². The number of sulfonamides is 1. The van der Waals surface area contributed by atoms with Crippen LogP contribution >= 0.6 is 23.2 Å². The number of rotatable bonds is 4. The summed E-state index contributed by atoms with van der Waals surface area (Å²) in [6.07, 6.45) is 0.587. The highest BCUT2D eigenvalue weighted by Crippen LogP contribution is 2.35. The van der Waals surface area contributed by atoms with E-state index in [9.17, 15) is 8.42 Å². The second-order valence-corrected chi connectivity index (χ2v) is 8.48. The first-order chi connectivity index (χ1) is 11.8. The molecule has 2 aromatic carbocycles. The fourth-order valence-corrected chi connectivity index (χ4v) is 5.04. The molecule has 25 heavy (non-hydrogen) atoms. The van der Waals surface area contributed by atoms with Gasteiger partial charge < -0.3 is 9.47 Å². The molecule has 5 nitrogen and oxygen atoms in total. The van der Waals surface area contributed by atoms with Gasteiger partial charge in [0.05, 0.1) is 19.1 Å². The van der Waals surface area contributed by atoms with Crippen LogP contribution in [-0.4, -0.2) is 33.5 Å². The molecule has 2 aromatic rings. The quantitative estimate of drug-likeness (QED) is 0.782. The van der Waals surface area contributed by atoms with Gasteiger partial charge in [-0.05, 0) is 47.9 Å². The highest BCUT2D eigenvalue weighted by atomic mass is 35.5. The molecule has 0 aliphatic carbocycles. The third-order valence-corrected chi connectivity index (χ3v) is 6.42. The third kappa shape index (κ3) is 3.58. The summed E-state index contributed by atoms with van der Waals surface area (Å²) in [5, 5.41) is 0.574. The van der Waals surface area contributed by atoms with Crippen molar-refractivity contribution in [2.45, 2.75) is 17.9 Å². The van der Waals surface area contributed by atoms with Crippen molar-refractivity contribution in [3.05, 3.63) is 51.5 Å². The number of methoxy groups -OCH3 is 2. The molecule has 0 aromatic heterocycles. The molecule has 0 bridgehead atoms. The van der Waals surface area contributed by atoms with Crippen LogP contribution in [0.3, 0.4) is 0 Å². The number of hydrogen-bond acceptors (Lipinski definition) is 4. The van der Waals surface area contributed by atoms with Crippen LogP contribution in [0.2, 0.25) is 10.0 Å². The Hall–Kier alpha value is -1.47. The van der Waals surface area contributed by atoms with Gasteiger partial charge in [-0.2, -0.15) is 4.31 Å². The van der Waals surface area contributed by atoms with Crippen molar-refractivity contribution in [2.24, 2.45) is 0 Å². The molecule has 1 heterocycles. The van der Waals surface area contributed by atoms with Crippen molar-refractivity contribution in [1.82, 2.24) is 4.31 Å². The van der Waals surface area contributed by atoms with Crippen LogP contribution in [-0.2, 0) is 23.0 Å². The number of benzene rings is 2. The lowest BCUT2D eigenvalue weighted by molar-refractivity contribution is 0.348. The molecule has 0 fully saturated rings. The molecule has 0 saturated heterocycles. The molecular formula is C17H17Cl2NO4S. The molecule has 1 aliphatic heterocycles. The number of fused-ring (bicyclic) bond motifs is 1. The maximum atomic E-state index is 12.9. The lowest BCUT2D eigenvalue weighted by Gasteiger charge is -2.29. The molecule has 0 N–H and O–H groups in total. The minimum absolute atomic E-state index is 0.0916. The van der Waals surface area contributed by atoms with Crippen molar-refractivity contribution in [2.75, 3.05) is 20.8 Å². The monoisotopic (exact) mass is 401 g/mol. The van der Waals surface area contributed by atoms with Gasteiger partial charge in [-0.1, -0.05) is 23.2 Å². The molecule has 1 aliphatic rings. The Morgan fingerprint density at radius 2 is 1.48 bits per heavy atom. The highest BCUT2D eigenvalue weighted by molar-refractivity contribution is 7.89. The van der Waals surface area contributed by atoms with Crippen LogP contribution in [0, 0.1) is 0 Å². The molecule has 3 rings (SSSR count). The molecule has 0 amide bonds. The number of ether oxygens (including phenoxy) is 2. The van der Waals surface area contributed by atoms with Gasteiger partial charge in [0.25, 0.3) is 0 Å². The van der Waals surface area contributed by atoms with Gasteiger partial charge in [-0.15, -0.1) is 0 Å². The van der Waals surface area contributed by atoms with Crippen LogP contribution in [0.4, 0.5) is 0 Å². The Labute approximate surface area is 157 Å². The molecule has 0 saturated carbocycles. The maximum absolute atomic E-state index is 12.9. The predicted molar refractivity (Wildman–Crippen MR) is 97.3 cm³/mol. The van der Waals surface area contributed by atoms with Gasteiger partial charge in [0.2, 0.25) is 10.0 Å². The molecule has 0 unspecified atom stereocenters. The normalized spacial score (nSPS) is 14.9. The van der Waals surface area contributed by atoms with E-state index in [2.05, 4.69) is 0 Å². The van der Waals surface area contributed by atoms with Crippen LogP contribution in [0.1, 0.15) is 11.1 Å². The summed E-state index contributed by atoms with van der Waals surface area (Å²) in [5.74, 6) is 1.21. The van der Waals surface area contributed by atoms with E-state index in [1.165, 1.54) is 22.5 Å². The van der Waals surface area contributed by atoms with Gasteiger partial charge in [-0.25, -0.2) is 8.42 Å². The average molecular weight is 402 g/mol. The van der Waals surface area contributed by atoms with Gasteiger partial charge in [0.1, 0.15) is 0 Å². The van der Waals surface area contributed by atoms with Crippen LogP contribution < -0.4 is 9.47 Å². The molecule has 0 spiro atoms. The zero-order chi connectivity index (χ0) is 18.2. The lowest BCUT2D eigenvalue weighted by Crippen LogP contribution is -2.36. The van der Waals surface area contributed by atoms with E-state index in [1.807, 2.05) is 12.1 Å². The molecule has 8 heteroatoms. The first-order valence-electron chi connectivity index (χ1n) is 7.55. The summed E-state index contributed by atoms with van der Waals surface area (Å²) in [4.78, 5) is 0.0916. The minimum Gasteiger partial charge on any atom is -0.493 e. The summed E-state index contributed by atoms with van der Waals surface area (Å²) >= 11 is 11.9. The smallest absolute Gasteiger partial charge is 0.243 e. The summed E-state index contributed by atoms with van der Waals surface area (Å²) in [6, 6.07) is 8.04. The van der Waals surface area contributed by atoms with Gasteiger partial charge >= 0.3 is 0 Å². The second-order valence-electron chi connectivity index (χ2n) is 5.67. The van der Waals surface area contributed by atoms with Crippen LogP contribution in [0.25, 0.3) is 0 Å². The molecule has 0 radical (unpaired) electrons. The topological polar surface area (TPSA) is 55.8 Å². The summed E-state index contributed by atoms with van der Waals surface area (Å²) < 4.78 is 37.9. The first-order valence-corrected chi connectivity index (χ1v) is 9.75. The van der Waals surface area contributed by atoms with Gasteiger partial charge in [0.15, 0.2) is 11.5 Å². The second kappa shape index (κ2) is 7.03. The molecular weight excluding hydrogens is 385 g/mol. The first kappa shape index (κ1) is 18.3.